The van der Waals surface area contributed by atoms with Crippen molar-refractivity contribution < 1.29 is 30.7 Å². The Bertz CT molecular complexity index is 1140. The maximum absolute atomic E-state index is 14.7. The maximum atomic E-state index is 14.7. The van der Waals surface area contributed by atoms with E-state index in [1.165, 1.54) is 12.1 Å². The second-order valence-electron chi connectivity index (χ2n) is 7.67. The van der Waals surface area contributed by atoms with E-state index < -0.39 is 51.7 Å². The summed E-state index contributed by atoms with van der Waals surface area (Å²) in [6, 6.07) is 4.71. The fraction of sp³-hybridized carbons (Fsp3) is 0.280. The van der Waals surface area contributed by atoms with Gasteiger partial charge in [0.25, 0.3) is 6.08 Å². The third kappa shape index (κ3) is 5.14. The van der Waals surface area contributed by atoms with Crippen LogP contribution in [0.15, 0.2) is 36.4 Å². The van der Waals surface area contributed by atoms with Crippen LogP contribution >= 0.6 is 0 Å². The van der Waals surface area contributed by atoms with E-state index in [1.54, 1.807) is 0 Å². The molecule has 0 amide bonds. The first-order chi connectivity index (χ1) is 15.2. The average Bonchev–Trinajstić information content (AvgIpc) is 2.70. The van der Waals surface area contributed by atoms with E-state index in [1.807, 2.05) is 0 Å². The molecule has 0 unspecified atom stereocenters. The molecule has 0 heterocycles. The molecule has 0 bridgehead atoms. The highest BCUT2D eigenvalue weighted by atomic mass is 19.3. The number of halogens is 7. The van der Waals surface area contributed by atoms with E-state index >= 15 is 0 Å². The number of hydrogen-bond donors (Lipinski definition) is 0. The minimum atomic E-state index is -2.35. The number of fused-ring (bicyclic) bond motifs is 1. The molecule has 0 atom stereocenters. The monoisotopic (exact) mass is 454 g/mol. The Hall–Kier alpha value is -2.83. The molecule has 32 heavy (non-hydrogen) atoms. The zero-order valence-electron chi connectivity index (χ0n) is 17.4. The van der Waals surface area contributed by atoms with Crippen LogP contribution in [0.4, 0.5) is 30.7 Å². The van der Waals surface area contributed by atoms with Crippen LogP contribution in [0.5, 0.6) is 0 Å². The Morgan fingerprint density at radius 1 is 0.750 bits per heavy atom. The van der Waals surface area contributed by atoms with E-state index in [0.717, 1.165) is 38.2 Å². The van der Waals surface area contributed by atoms with Gasteiger partial charge in [-0.15, -0.1) is 0 Å². The van der Waals surface area contributed by atoms with Gasteiger partial charge in [-0.3, -0.25) is 0 Å². The second-order valence-corrected chi connectivity index (χ2v) is 7.67. The van der Waals surface area contributed by atoms with Crippen LogP contribution in [0.2, 0.25) is 0 Å². The van der Waals surface area contributed by atoms with Crippen LogP contribution in [0.1, 0.15) is 50.2 Å². The first-order valence-corrected chi connectivity index (χ1v) is 10.3. The lowest BCUT2D eigenvalue weighted by molar-refractivity contribution is 0.428. The van der Waals surface area contributed by atoms with Crippen LogP contribution in [-0.4, -0.2) is 0 Å². The summed E-state index contributed by atoms with van der Waals surface area (Å²) < 4.78 is 97.6. The number of unbranched alkanes of at least 4 members (excludes halogenated alkanes) is 4. The summed E-state index contributed by atoms with van der Waals surface area (Å²) in [5.41, 5.74) is -1.41. The molecule has 0 fully saturated rings. The predicted octanol–water partition coefficient (Wildman–Crippen LogP) is 8.95. The van der Waals surface area contributed by atoms with Gasteiger partial charge in [0.15, 0.2) is 0 Å². The van der Waals surface area contributed by atoms with E-state index in [9.17, 15) is 30.7 Å². The van der Waals surface area contributed by atoms with Gasteiger partial charge in [-0.05, 0) is 59.7 Å². The van der Waals surface area contributed by atoms with Gasteiger partial charge in [0, 0.05) is 6.08 Å². The summed E-state index contributed by atoms with van der Waals surface area (Å²) in [6.07, 6.45) is 3.02. The first kappa shape index (κ1) is 23.8. The predicted molar refractivity (Wildman–Crippen MR) is 112 cm³/mol. The van der Waals surface area contributed by atoms with Crippen molar-refractivity contribution in [3.8, 4) is 11.1 Å². The third-order valence-corrected chi connectivity index (χ3v) is 5.33. The Kier molecular flexibility index (Phi) is 7.59. The number of benzene rings is 3. The minimum absolute atomic E-state index is 0.0439. The van der Waals surface area contributed by atoms with E-state index in [0.29, 0.717) is 24.1 Å². The zero-order valence-corrected chi connectivity index (χ0v) is 17.4. The highest BCUT2D eigenvalue weighted by Gasteiger charge is 2.20. The maximum Gasteiger partial charge on any atom is 0.271 e. The van der Waals surface area contributed by atoms with Gasteiger partial charge in [0.2, 0.25) is 0 Å². The number of hydrogen-bond acceptors (Lipinski definition) is 0. The van der Waals surface area contributed by atoms with Crippen molar-refractivity contribution in [2.75, 3.05) is 0 Å². The number of rotatable bonds is 8. The highest BCUT2D eigenvalue weighted by Crippen LogP contribution is 2.35. The molecule has 3 aromatic carbocycles. The molecule has 0 nitrogen and oxygen atoms in total. The van der Waals surface area contributed by atoms with Crippen molar-refractivity contribution in [2.45, 2.75) is 45.4 Å². The molecule has 0 saturated heterocycles. The van der Waals surface area contributed by atoms with Gasteiger partial charge in [0.1, 0.15) is 29.1 Å². The molecule has 0 saturated carbocycles. The normalized spacial score (nSPS) is 11.2. The molecule has 0 aliphatic heterocycles. The van der Waals surface area contributed by atoms with Crippen molar-refractivity contribution >= 4 is 16.8 Å². The summed E-state index contributed by atoms with van der Waals surface area (Å²) in [5, 5.41) is -1.09. The summed E-state index contributed by atoms with van der Waals surface area (Å²) in [4.78, 5) is 0. The minimum Gasteiger partial charge on any atom is -0.206 e. The standard InChI is InChI=1S/C25H21F7/c1-2-3-4-5-6-7-14-8-19(27)23(20(28)9-14)15-10-16-11-18(26)17(13-22(30)31)25(32)24(16)21(29)12-15/h8-13H,2-7H2,1H3. The van der Waals surface area contributed by atoms with Crippen LogP contribution < -0.4 is 0 Å². The summed E-state index contributed by atoms with van der Waals surface area (Å²) in [5.74, 6) is -5.96. The molecular weight excluding hydrogens is 433 g/mol. The van der Waals surface area contributed by atoms with Gasteiger partial charge in [-0.25, -0.2) is 22.0 Å². The Labute approximate surface area is 181 Å². The first-order valence-electron chi connectivity index (χ1n) is 10.3. The molecule has 0 aliphatic rings. The Morgan fingerprint density at radius 3 is 2.03 bits per heavy atom. The molecule has 0 radical (unpaired) electrons. The summed E-state index contributed by atoms with van der Waals surface area (Å²) >= 11 is 0. The lowest BCUT2D eigenvalue weighted by Gasteiger charge is -2.12. The lowest BCUT2D eigenvalue weighted by Crippen LogP contribution is -1.98. The lowest BCUT2D eigenvalue weighted by atomic mass is 9.96. The van der Waals surface area contributed by atoms with Crippen molar-refractivity contribution in [3.63, 3.8) is 0 Å². The van der Waals surface area contributed by atoms with Crippen molar-refractivity contribution in [1.29, 1.82) is 0 Å². The Balaban J connectivity index is 2.00. The SMILES string of the molecule is CCCCCCCc1cc(F)c(-c2cc(F)c3c(F)c(C=C(F)F)c(F)cc3c2)c(F)c1. The van der Waals surface area contributed by atoms with Crippen LogP contribution in [-0.2, 0) is 6.42 Å². The van der Waals surface area contributed by atoms with E-state index in [4.69, 9.17) is 0 Å². The second kappa shape index (κ2) is 10.2. The largest absolute Gasteiger partial charge is 0.271 e. The molecule has 3 aromatic rings. The zero-order chi connectivity index (χ0) is 23.4. The molecule has 170 valence electrons. The van der Waals surface area contributed by atoms with E-state index in [-0.39, 0.29) is 17.0 Å². The van der Waals surface area contributed by atoms with Crippen LogP contribution in [0, 0.1) is 29.1 Å². The fourth-order valence-corrected chi connectivity index (χ4v) is 3.79. The smallest absolute Gasteiger partial charge is 0.206 e. The van der Waals surface area contributed by atoms with Crippen LogP contribution in [0.3, 0.4) is 0 Å². The van der Waals surface area contributed by atoms with Gasteiger partial charge in [-0.2, -0.15) is 8.78 Å². The molecule has 0 aliphatic carbocycles. The number of aryl methyl sites for hydroxylation is 1. The summed E-state index contributed by atoms with van der Waals surface area (Å²) in [7, 11) is 0. The summed E-state index contributed by atoms with van der Waals surface area (Å²) in [6.45, 7) is 2.09. The molecule has 7 heteroatoms. The molecular formula is C25H21F7. The topological polar surface area (TPSA) is 0 Å². The highest BCUT2D eigenvalue weighted by molar-refractivity contribution is 5.90. The van der Waals surface area contributed by atoms with Gasteiger partial charge in [0.05, 0.1) is 16.5 Å². The Morgan fingerprint density at radius 2 is 1.41 bits per heavy atom. The van der Waals surface area contributed by atoms with Crippen molar-refractivity contribution in [1.82, 2.24) is 0 Å². The van der Waals surface area contributed by atoms with Gasteiger partial charge >= 0.3 is 0 Å². The van der Waals surface area contributed by atoms with Crippen LogP contribution in [0.25, 0.3) is 28.0 Å². The molecule has 0 spiro atoms. The molecule has 0 aromatic heterocycles. The molecule has 0 N–H and O–H groups in total. The van der Waals surface area contributed by atoms with Gasteiger partial charge < -0.3 is 0 Å². The van der Waals surface area contributed by atoms with Crippen molar-refractivity contribution in [2.24, 2.45) is 0 Å². The molecule has 3 rings (SSSR count). The average molecular weight is 454 g/mol. The van der Waals surface area contributed by atoms with E-state index in [2.05, 4.69) is 6.92 Å². The third-order valence-electron chi connectivity index (χ3n) is 5.33. The van der Waals surface area contributed by atoms with Gasteiger partial charge in [-0.1, -0.05) is 32.6 Å². The van der Waals surface area contributed by atoms with Crippen molar-refractivity contribution in [3.05, 3.63) is 76.6 Å². The fourth-order valence-electron chi connectivity index (χ4n) is 3.79. The quantitative estimate of drug-likeness (QED) is 0.235.